The van der Waals surface area contributed by atoms with Crippen molar-refractivity contribution < 1.29 is 23.1 Å². The van der Waals surface area contributed by atoms with E-state index in [-0.39, 0.29) is 34.8 Å². The Hall–Kier alpha value is -1.89. The monoisotopic (exact) mass is 365 g/mol. The third-order valence-corrected chi connectivity index (χ3v) is 6.98. The maximum atomic E-state index is 12.7. The summed E-state index contributed by atoms with van der Waals surface area (Å²) in [6.07, 6.45) is 2.72. The van der Waals surface area contributed by atoms with Gasteiger partial charge < -0.3 is 10.0 Å². The predicted molar refractivity (Wildman–Crippen MR) is 93.3 cm³/mol. The van der Waals surface area contributed by atoms with Crippen LogP contribution in [0.25, 0.3) is 0 Å². The molecule has 25 heavy (non-hydrogen) atoms. The molecule has 2 fully saturated rings. The average Bonchev–Trinajstić information content (AvgIpc) is 2.61. The first-order valence-electron chi connectivity index (χ1n) is 8.68. The molecule has 2 heterocycles. The van der Waals surface area contributed by atoms with Crippen molar-refractivity contribution in [3.8, 4) is 0 Å². The van der Waals surface area contributed by atoms with Crippen LogP contribution in [0.15, 0.2) is 24.3 Å². The summed E-state index contributed by atoms with van der Waals surface area (Å²) >= 11 is 0. The first-order chi connectivity index (χ1) is 11.9. The van der Waals surface area contributed by atoms with Gasteiger partial charge in [-0.1, -0.05) is 12.1 Å². The number of nitrogens with zero attached hydrogens (tertiary/aromatic N) is 1. The number of carboxylic acid groups (broad SMARTS) is 1. The lowest BCUT2D eigenvalue weighted by Crippen LogP contribution is -2.44. The van der Waals surface area contributed by atoms with Crippen LogP contribution in [0.1, 0.15) is 47.5 Å². The van der Waals surface area contributed by atoms with Gasteiger partial charge in [0.1, 0.15) is 9.84 Å². The Morgan fingerprint density at radius 1 is 1.04 bits per heavy atom. The highest BCUT2D eigenvalue weighted by molar-refractivity contribution is 7.91. The van der Waals surface area contributed by atoms with Crippen LogP contribution in [0.2, 0.25) is 0 Å². The van der Waals surface area contributed by atoms with E-state index in [9.17, 15) is 18.0 Å². The number of rotatable bonds is 3. The van der Waals surface area contributed by atoms with Gasteiger partial charge in [-0.15, -0.1) is 0 Å². The molecule has 0 unspecified atom stereocenters. The molecule has 1 amide bonds. The fourth-order valence-electron chi connectivity index (χ4n) is 3.74. The number of carbonyl (C=O) groups is 2. The number of carbonyl (C=O) groups excluding carboxylic acids is 1. The highest BCUT2D eigenvalue weighted by atomic mass is 32.2. The maximum absolute atomic E-state index is 12.7. The van der Waals surface area contributed by atoms with Gasteiger partial charge >= 0.3 is 5.97 Å². The number of hydrogen-bond acceptors (Lipinski definition) is 4. The molecule has 0 spiro atoms. The number of sulfone groups is 1. The molecule has 2 saturated heterocycles. The van der Waals surface area contributed by atoms with Crippen molar-refractivity contribution in [2.45, 2.75) is 31.6 Å². The Balaban J connectivity index is 1.64. The number of aromatic carboxylic acids is 1. The van der Waals surface area contributed by atoms with E-state index in [1.807, 2.05) is 17.0 Å². The van der Waals surface area contributed by atoms with E-state index in [2.05, 4.69) is 0 Å². The number of likely N-dealkylation sites (tertiary alicyclic amines) is 1. The topological polar surface area (TPSA) is 91.8 Å². The Bertz CT molecular complexity index is 742. The minimum Gasteiger partial charge on any atom is -0.478 e. The molecule has 6 nitrogen and oxygen atoms in total. The number of hydrogen-bond donors (Lipinski definition) is 1. The SMILES string of the molecule is O=C(O)c1ccc([C@H]2CCCN(C(=O)C3CCS(=O)(=O)CC3)C2)cc1. The van der Waals surface area contributed by atoms with Crippen LogP contribution in [0.4, 0.5) is 0 Å². The highest BCUT2D eigenvalue weighted by Gasteiger charge is 2.33. The molecule has 0 saturated carbocycles. The zero-order valence-electron chi connectivity index (χ0n) is 14.1. The molecule has 1 N–H and O–H groups in total. The molecular weight excluding hydrogens is 342 g/mol. The van der Waals surface area contributed by atoms with E-state index in [1.165, 1.54) is 0 Å². The number of carboxylic acids is 1. The average molecular weight is 365 g/mol. The molecule has 7 heteroatoms. The zero-order chi connectivity index (χ0) is 18.0. The number of benzene rings is 1. The summed E-state index contributed by atoms with van der Waals surface area (Å²) in [4.78, 5) is 25.6. The lowest BCUT2D eigenvalue weighted by atomic mass is 9.89. The molecule has 1 atom stereocenters. The zero-order valence-corrected chi connectivity index (χ0v) is 14.9. The third kappa shape index (κ3) is 4.21. The van der Waals surface area contributed by atoms with E-state index in [0.29, 0.717) is 25.9 Å². The third-order valence-electron chi connectivity index (χ3n) is 5.27. The van der Waals surface area contributed by atoms with Gasteiger partial charge in [0.2, 0.25) is 5.91 Å². The van der Waals surface area contributed by atoms with Gasteiger partial charge in [0, 0.05) is 24.9 Å². The predicted octanol–water partition coefficient (Wildman–Crippen LogP) is 1.92. The van der Waals surface area contributed by atoms with E-state index in [1.54, 1.807) is 12.1 Å². The molecule has 0 aliphatic carbocycles. The summed E-state index contributed by atoms with van der Waals surface area (Å²) in [6.45, 7) is 1.33. The molecule has 1 aromatic carbocycles. The lowest BCUT2D eigenvalue weighted by molar-refractivity contribution is -0.137. The molecule has 2 aliphatic heterocycles. The van der Waals surface area contributed by atoms with Crippen LogP contribution >= 0.6 is 0 Å². The molecule has 3 rings (SSSR count). The van der Waals surface area contributed by atoms with Crippen molar-refractivity contribution >= 4 is 21.7 Å². The van der Waals surface area contributed by atoms with E-state index in [4.69, 9.17) is 5.11 Å². The Morgan fingerprint density at radius 2 is 1.68 bits per heavy atom. The quantitative estimate of drug-likeness (QED) is 0.883. The van der Waals surface area contributed by atoms with Gasteiger partial charge in [-0.3, -0.25) is 4.79 Å². The Kier molecular flexibility index (Phi) is 5.13. The van der Waals surface area contributed by atoms with Crippen molar-refractivity contribution in [1.29, 1.82) is 0 Å². The van der Waals surface area contributed by atoms with Crippen LogP contribution in [-0.2, 0) is 14.6 Å². The molecular formula is C18H23NO5S. The second-order valence-corrected chi connectivity index (χ2v) is 9.28. The van der Waals surface area contributed by atoms with Crippen LogP contribution in [-0.4, -0.2) is 54.9 Å². The van der Waals surface area contributed by atoms with Crippen molar-refractivity contribution in [3.05, 3.63) is 35.4 Å². The highest BCUT2D eigenvalue weighted by Crippen LogP contribution is 2.29. The second kappa shape index (κ2) is 7.15. The summed E-state index contributed by atoms with van der Waals surface area (Å²) in [5.41, 5.74) is 1.31. The van der Waals surface area contributed by atoms with Crippen molar-refractivity contribution in [2.24, 2.45) is 5.92 Å². The molecule has 1 aromatic rings. The smallest absolute Gasteiger partial charge is 0.335 e. The van der Waals surface area contributed by atoms with Crippen LogP contribution in [0.5, 0.6) is 0 Å². The van der Waals surface area contributed by atoms with Gasteiger partial charge in [0.25, 0.3) is 0 Å². The summed E-state index contributed by atoms with van der Waals surface area (Å²) in [5.74, 6) is -0.639. The van der Waals surface area contributed by atoms with Crippen molar-refractivity contribution in [3.63, 3.8) is 0 Å². The van der Waals surface area contributed by atoms with Gasteiger partial charge in [-0.25, -0.2) is 13.2 Å². The standard InChI is InChI=1S/C18H23NO5S/c20-17(14-7-10-25(23,24)11-8-14)19-9-1-2-16(12-19)13-3-5-15(6-4-13)18(21)22/h3-6,14,16H,1-2,7-12H2,(H,21,22)/t16-/m0/s1. The van der Waals surface area contributed by atoms with Crippen molar-refractivity contribution in [1.82, 2.24) is 4.90 Å². The fraction of sp³-hybridized carbons (Fsp3) is 0.556. The van der Waals surface area contributed by atoms with Crippen LogP contribution in [0, 0.1) is 5.92 Å². The lowest BCUT2D eigenvalue weighted by Gasteiger charge is -2.36. The van der Waals surface area contributed by atoms with Gasteiger partial charge in [-0.05, 0) is 43.4 Å². The first kappa shape index (κ1) is 17.9. The maximum Gasteiger partial charge on any atom is 0.335 e. The molecule has 2 aliphatic rings. The minimum atomic E-state index is -2.96. The second-order valence-electron chi connectivity index (χ2n) is 6.98. The molecule has 0 radical (unpaired) electrons. The largest absolute Gasteiger partial charge is 0.478 e. The van der Waals surface area contributed by atoms with E-state index < -0.39 is 15.8 Å². The van der Waals surface area contributed by atoms with Crippen LogP contribution < -0.4 is 0 Å². The normalized spacial score (nSPS) is 24.0. The van der Waals surface area contributed by atoms with Crippen LogP contribution in [0.3, 0.4) is 0 Å². The fourth-order valence-corrected chi connectivity index (χ4v) is 5.23. The summed E-state index contributed by atoms with van der Waals surface area (Å²) < 4.78 is 23.1. The molecule has 0 bridgehead atoms. The Labute approximate surface area is 147 Å². The summed E-state index contributed by atoms with van der Waals surface area (Å²) in [6, 6.07) is 6.86. The molecule has 136 valence electrons. The van der Waals surface area contributed by atoms with E-state index in [0.717, 1.165) is 18.4 Å². The van der Waals surface area contributed by atoms with Gasteiger partial charge in [-0.2, -0.15) is 0 Å². The van der Waals surface area contributed by atoms with Crippen molar-refractivity contribution in [2.75, 3.05) is 24.6 Å². The Morgan fingerprint density at radius 3 is 2.28 bits per heavy atom. The summed E-state index contributed by atoms with van der Waals surface area (Å²) in [7, 11) is -2.96. The first-order valence-corrected chi connectivity index (χ1v) is 10.5. The summed E-state index contributed by atoms with van der Waals surface area (Å²) in [5, 5.41) is 8.99. The van der Waals surface area contributed by atoms with Gasteiger partial charge in [0.05, 0.1) is 17.1 Å². The number of amides is 1. The van der Waals surface area contributed by atoms with Gasteiger partial charge in [0.15, 0.2) is 0 Å². The van der Waals surface area contributed by atoms with E-state index >= 15 is 0 Å². The number of piperidine rings is 1. The minimum absolute atomic E-state index is 0.0711. The molecule has 0 aromatic heterocycles.